The number of amides is 2. The van der Waals surface area contributed by atoms with Crippen molar-refractivity contribution in [3.05, 3.63) is 82.7 Å². The number of aromatic nitrogens is 1. The van der Waals surface area contributed by atoms with E-state index in [1.807, 2.05) is 61.5 Å². The van der Waals surface area contributed by atoms with E-state index in [9.17, 15) is 14.7 Å². The molecule has 2 aromatic carbocycles. The normalized spacial score (nSPS) is 19.7. The highest BCUT2D eigenvalue weighted by molar-refractivity contribution is 6.20. The minimum atomic E-state index is -1.31. The maximum Gasteiger partial charge on any atom is 0.272 e. The van der Waals surface area contributed by atoms with Crippen molar-refractivity contribution in [2.75, 3.05) is 11.9 Å². The molecule has 3 atom stereocenters. The molecule has 0 saturated heterocycles. The number of aliphatic hydroxyl groups is 1. The highest BCUT2D eigenvalue weighted by atomic mass is 16.5. The molecule has 1 saturated carbocycles. The van der Waals surface area contributed by atoms with Crippen LogP contribution in [0.25, 0.3) is 0 Å². The van der Waals surface area contributed by atoms with E-state index in [1.165, 1.54) is 4.90 Å². The Bertz CT molecular complexity index is 1360. The maximum absolute atomic E-state index is 14.4. The van der Waals surface area contributed by atoms with Gasteiger partial charge in [-0.3, -0.25) is 9.59 Å². The van der Waals surface area contributed by atoms with Gasteiger partial charge >= 0.3 is 0 Å². The number of nitrogens with one attached hydrogen (secondary N) is 1. The molecule has 2 N–H and O–H groups in total. The largest absolute Gasteiger partial charge is 0.392 e. The van der Waals surface area contributed by atoms with Gasteiger partial charge in [0.25, 0.3) is 5.91 Å². The molecule has 0 spiro atoms. The minimum Gasteiger partial charge on any atom is -0.392 e. The topological polar surface area (TPSA) is 108 Å². The van der Waals surface area contributed by atoms with Crippen LogP contribution >= 0.6 is 0 Å². The van der Waals surface area contributed by atoms with E-state index >= 15 is 0 Å². The summed E-state index contributed by atoms with van der Waals surface area (Å²) in [5, 5.41) is 18.5. The van der Waals surface area contributed by atoms with Crippen molar-refractivity contribution in [3.63, 3.8) is 0 Å². The average Bonchev–Trinajstić information content (AvgIpc) is 3.71. The van der Waals surface area contributed by atoms with Crippen molar-refractivity contribution in [2.24, 2.45) is 10.9 Å². The highest BCUT2D eigenvalue weighted by Gasteiger charge is 2.53. The molecule has 0 radical (unpaired) electrons. The van der Waals surface area contributed by atoms with Gasteiger partial charge in [0.15, 0.2) is 0 Å². The highest BCUT2D eigenvalue weighted by Crippen LogP contribution is 2.47. The third-order valence-corrected chi connectivity index (χ3v) is 7.81. The molecule has 0 unspecified atom stereocenters. The molecule has 2 aliphatic rings. The van der Waals surface area contributed by atoms with Crippen LogP contribution in [0.4, 0.5) is 5.69 Å². The van der Waals surface area contributed by atoms with E-state index in [2.05, 4.69) is 10.5 Å². The number of aryl methyl sites for hydroxylation is 2. The van der Waals surface area contributed by atoms with Gasteiger partial charge < -0.3 is 19.8 Å². The maximum atomic E-state index is 14.4. The van der Waals surface area contributed by atoms with Gasteiger partial charge in [-0.15, -0.1) is 0 Å². The van der Waals surface area contributed by atoms with Crippen molar-refractivity contribution in [2.45, 2.75) is 64.1 Å². The van der Waals surface area contributed by atoms with E-state index in [0.29, 0.717) is 47.2 Å². The number of benzene rings is 2. The van der Waals surface area contributed by atoms with Crippen molar-refractivity contribution in [1.82, 2.24) is 10.5 Å². The fraction of sp³-hybridized carbons (Fsp3) is 0.400. The summed E-state index contributed by atoms with van der Waals surface area (Å²) in [5.41, 5.74) is 2.81. The number of likely N-dealkylation sites (N-methyl/N-ethyl adjacent to an activating group) is 1. The van der Waals surface area contributed by atoms with Gasteiger partial charge in [0.05, 0.1) is 23.2 Å². The summed E-state index contributed by atoms with van der Waals surface area (Å²) < 4.78 is 5.47. The number of benzodiazepines with no additional fused rings is 1. The minimum absolute atomic E-state index is 0.302. The third kappa shape index (κ3) is 4.43. The zero-order valence-corrected chi connectivity index (χ0v) is 22.3. The predicted octanol–water partition coefficient (Wildman–Crippen LogP) is 4.06. The number of carbonyl (C=O) groups is 2. The van der Waals surface area contributed by atoms with Crippen molar-refractivity contribution >= 4 is 23.2 Å². The number of nitrogens with zero attached hydrogens (tertiary/aromatic N) is 3. The van der Waals surface area contributed by atoms with Crippen LogP contribution in [-0.4, -0.2) is 47.1 Å². The lowest BCUT2D eigenvalue weighted by Crippen LogP contribution is -2.57. The van der Waals surface area contributed by atoms with E-state index in [1.54, 1.807) is 20.9 Å². The lowest BCUT2D eigenvalue weighted by Gasteiger charge is -2.37. The lowest BCUT2D eigenvalue weighted by molar-refractivity contribution is -0.135. The summed E-state index contributed by atoms with van der Waals surface area (Å²) >= 11 is 0. The molecule has 8 heteroatoms. The van der Waals surface area contributed by atoms with Crippen LogP contribution in [0, 0.1) is 19.8 Å². The molecule has 38 heavy (non-hydrogen) atoms. The summed E-state index contributed by atoms with van der Waals surface area (Å²) in [6.07, 6.45) is 0.610. The average molecular weight is 515 g/mol. The molecule has 1 aliphatic carbocycles. The molecule has 0 bridgehead atoms. The summed E-state index contributed by atoms with van der Waals surface area (Å²) in [4.78, 5) is 34.5. The Balaban J connectivity index is 1.62. The van der Waals surface area contributed by atoms with Crippen LogP contribution < -0.4 is 10.2 Å². The predicted molar refractivity (Wildman–Crippen MR) is 145 cm³/mol. The first-order chi connectivity index (χ1) is 18.3. The number of para-hydroxylation sites is 1. The molecule has 2 amide bonds. The third-order valence-electron chi connectivity index (χ3n) is 7.81. The standard InChI is InChI=1S/C30H34N4O4/c1-5-24(35)30(17-20-15-16-20,25-18(2)33-38-19(25)3)29(37)32-27-28(36)34(4)23-14-10-9-13-22(23)26(31-27)21-11-7-6-8-12-21/h6-14,20,24,27,35H,5,15-17H2,1-4H3,(H,32,37)/t24-,27+,30-/m0/s1. The molecule has 2 heterocycles. The molecule has 3 aromatic rings. The Morgan fingerprint density at radius 3 is 2.47 bits per heavy atom. The van der Waals surface area contributed by atoms with Gasteiger partial charge in [-0.05, 0) is 38.7 Å². The molecular weight excluding hydrogens is 480 g/mol. The summed E-state index contributed by atoms with van der Waals surface area (Å²) in [6.45, 7) is 5.40. The molecule has 1 aliphatic heterocycles. The molecule has 1 fully saturated rings. The Hall–Kier alpha value is -3.78. The number of aliphatic imine (C=N–C) groups is 1. The Morgan fingerprint density at radius 2 is 1.84 bits per heavy atom. The number of hydrogen-bond donors (Lipinski definition) is 2. The van der Waals surface area contributed by atoms with Gasteiger partial charge in [-0.1, -0.05) is 73.5 Å². The van der Waals surface area contributed by atoms with Crippen molar-refractivity contribution in [1.29, 1.82) is 0 Å². The summed E-state index contributed by atoms with van der Waals surface area (Å²) in [5.74, 6) is -0.00407. The number of aliphatic hydroxyl groups excluding tert-OH is 1. The fourth-order valence-corrected chi connectivity index (χ4v) is 5.70. The molecule has 8 nitrogen and oxygen atoms in total. The lowest BCUT2D eigenvalue weighted by atomic mass is 9.69. The molecule has 198 valence electrons. The Labute approximate surface area is 222 Å². The van der Waals surface area contributed by atoms with Crippen molar-refractivity contribution < 1.29 is 19.2 Å². The smallest absolute Gasteiger partial charge is 0.272 e. The van der Waals surface area contributed by atoms with E-state index in [4.69, 9.17) is 9.52 Å². The zero-order valence-electron chi connectivity index (χ0n) is 22.3. The quantitative estimate of drug-likeness (QED) is 0.471. The van der Waals surface area contributed by atoms with Crippen molar-refractivity contribution in [3.8, 4) is 0 Å². The second-order valence-corrected chi connectivity index (χ2v) is 10.4. The zero-order chi connectivity index (χ0) is 27.0. The molecule has 5 rings (SSSR count). The summed E-state index contributed by atoms with van der Waals surface area (Å²) in [7, 11) is 1.69. The number of carbonyl (C=O) groups excluding carboxylic acids is 2. The van der Waals surface area contributed by atoms with Crippen LogP contribution in [0.3, 0.4) is 0 Å². The van der Waals surface area contributed by atoms with E-state index in [0.717, 1.165) is 24.0 Å². The summed E-state index contributed by atoms with van der Waals surface area (Å²) in [6, 6.07) is 17.2. The second-order valence-electron chi connectivity index (χ2n) is 10.4. The van der Waals surface area contributed by atoms with Gasteiger partial charge in [-0.25, -0.2) is 4.99 Å². The number of fused-ring (bicyclic) bond motifs is 1. The number of anilines is 1. The first-order valence-corrected chi connectivity index (χ1v) is 13.2. The van der Waals surface area contributed by atoms with Gasteiger partial charge in [0.2, 0.25) is 12.1 Å². The van der Waals surface area contributed by atoms with Gasteiger partial charge in [0, 0.05) is 23.7 Å². The number of rotatable bonds is 8. The molecular formula is C30H34N4O4. The Kier molecular flexibility index (Phi) is 6.92. The van der Waals surface area contributed by atoms with Crippen LogP contribution in [0.5, 0.6) is 0 Å². The van der Waals surface area contributed by atoms with Crippen LogP contribution in [-0.2, 0) is 15.0 Å². The van der Waals surface area contributed by atoms with Crippen LogP contribution in [0.1, 0.15) is 60.8 Å². The molecule has 1 aromatic heterocycles. The first kappa shape index (κ1) is 25.9. The van der Waals surface area contributed by atoms with Gasteiger partial charge in [-0.2, -0.15) is 0 Å². The van der Waals surface area contributed by atoms with E-state index in [-0.39, 0.29) is 5.91 Å². The van der Waals surface area contributed by atoms with Crippen LogP contribution in [0.2, 0.25) is 0 Å². The first-order valence-electron chi connectivity index (χ1n) is 13.2. The van der Waals surface area contributed by atoms with Crippen LogP contribution in [0.15, 0.2) is 64.1 Å². The Morgan fingerprint density at radius 1 is 1.16 bits per heavy atom. The van der Waals surface area contributed by atoms with E-state index < -0.39 is 23.6 Å². The second kappa shape index (κ2) is 10.2. The fourth-order valence-electron chi connectivity index (χ4n) is 5.70. The SMILES string of the molecule is CC[C@H](O)[C@](CC1CC1)(C(=O)N[C@H]1N=C(c2ccccc2)c2ccccc2N(C)C1=O)c1c(C)noc1C. The number of hydrogen-bond acceptors (Lipinski definition) is 6. The monoisotopic (exact) mass is 514 g/mol. The van der Waals surface area contributed by atoms with Gasteiger partial charge in [0.1, 0.15) is 11.2 Å².